The van der Waals surface area contributed by atoms with Crippen molar-refractivity contribution >= 4 is 11.7 Å². The minimum atomic E-state index is -0.208. The summed E-state index contributed by atoms with van der Waals surface area (Å²) in [6.45, 7) is 10.6. The van der Waals surface area contributed by atoms with Crippen LogP contribution in [0.3, 0.4) is 0 Å². The lowest BCUT2D eigenvalue weighted by atomic mass is 10.0. The number of carbonyl (C=O) groups excluding carboxylic acids is 1. The number of nitrogens with zero attached hydrogens (tertiary/aromatic N) is 4. The van der Waals surface area contributed by atoms with E-state index in [2.05, 4.69) is 18.7 Å². The summed E-state index contributed by atoms with van der Waals surface area (Å²) in [5.41, 5.74) is 2.51. The molecule has 1 aromatic carbocycles. The van der Waals surface area contributed by atoms with Gasteiger partial charge in [-0.2, -0.15) is 0 Å². The summed E-state index contributed by atoms with van der Waals surface area (Å²) in [7, 11) is 0. The number of anilines is 1. The third-order valence-corrected chi connectivity index (χ3v) is 5.61. The molecule has 0 spiro atoms. The van der Waals surface area contributed by atoms with E-state index in [1.165, 1.54) is 6.07 Å². The van der Waals surface area contributed by atoms with E-state index < -0.39 is 0 Å². The zero-order chi connectivity index (χ0) is 20.3. The van der Waals surface area contributed by atoms with E-state index in [-0.39, 0.29) is 17.6 Å². The van der Waals surface area contributed by atoms with Gasteiger partial charge in [0.15, 0.2) is 0 Å². The van der Waals surface area contributed by atoms with Crippen LogP contribution in [-0.2, 0) is 11.2 Å². The van der Waals surface area contributed by atoms with Gasteiger partial charge in [0.1, 0.15) is 17.5 Å². The number of carbonyl (C=O) groups is 1. The third-order valence-electron chi connectivity index (χ3n) is 5.61. The molecule has 6 heteroatoms. The first-order chi connectivity index (χ1) is 13.4. The maximum atomic E-state index is 14.3. The molecule has 2 heterocycles. The number of hydrogen-bond donors (Lipinski definition) is 0. The molecule has 1 unspecified atom stereocenters. The molecule has 1 amide bonds. The molecule has 0 N–H and O–H groups in total. The van der Waals surface area contributed by atoms with Gasteiger partial charge < -0.3 is 9.80 Å². The van der Waals surface area contributed by atoms with Crippen LogP contribution in [0.15, 0.2) is 24.3 Å². The molecule has 0 bridgehead atoms. The topological polar surface area (TPSA) is 49.3 Å². The number of amides is 1. The quantitative estimate of drug-likeness (QED) is 0.789. The van der Waals surface area contributed by atoms with Crippen molar-refractivity contribution in [3.63, 3.8) is 0 Å². The minimum Gasteiger partial charge on any atom is -0.353 e. The molecule has 5 nitrogen and oxygen atoms in total. The van der Waals surface area contributed by atoms with E-state index in [4.69, 9.17) is 9.97 Å². The Balaban J connectivity index is 1.98. The normalized spacial score (nSPS) is 15.6. The Morgan fingerprint density at radius 3 is 2.46 bits per heavy atom. The first-order valence-electron chi connectivity index (χ1n) is 10.0. The van der Waals surface area contributed by atoms with Gasteiger partial charge in [0, 0.05) is 56.7 Å². The molecule has 0 saturated carbocycles. The Morgan fingerprint density at radius 2 is 1.86 bits per heavy atom. The summed E-state index contributed by atoms with van der Waals surface area (Å²) in [5.74, 6) is 1.87. The van der Waals surface area contributed by atoms with Gasteiger partial charge in [0.2, 0.25) is 5.91 Å². The lowest BCUT2D eigenvalue weighted by molar-refractivity contribution is -0.129. The highest BCUT2D eigenvalue weighted by atomic mass is 19.1. The molecule has 1 saturated heterocycles. The Kier molecular flexibility index (Phi) is 6.27. The minimum absolute atomic E-state index is 0.102. The SMILES string of the molecule is CCC(C)c1nc(C)c(Cc2ccccc2F)c(N2CCN(C(C)=O)CC2)n1. The highest BCUT2D eigenvalue weighted by Crippen LogP contribution is 2.28. The summed E-state index contributed by atoms with van der Waals surface area (Å²) < 4.78 is 14.3. The standard InChI is InChI=1S/C22H29FN4O/c1-5-15(2)21-24-16(3)19(14-18-8-6-7-9-20(18)23)22(25-21)27-12-10-26(11-13-27)17(4)28/h6-9,15H,5,10-14H2,1-4H3. The Hall–Kier alpha value is -2.50. The highest BCUT2D eigenvalue weighted by molar-refractivity contribution is 5.73. The summed E-state index contributed by atoms with van der Waals surface area (Å²) >= 11 is 0. The van der Waals surface area contributed by atoms with Gasteiger partial charge in [0.05, 0.1) is 0 Å². The molecule has 0 aliphatic carbocycles. The van der Waals surface area contributed by atoms with Crippen molar-refractivity contribution in [1.29, 1.82) is 0 Å². The van der Waals surface area contributed by atoms with Crippen LogP contribution in [0.4, 0.5) is 10.2 Å². The zero-order valence-corrected chi connectivity index (χ0v) is 17.2. The number of piperazine rings is 1. The van der Waals surface area contributed by atoms with Gasteiger partial charge in [0.25, 0.3) is 0 Å². The first kappa shape index (κ1) is 20.2. The molecule has 1 fully saturated rings. The lowest BCUT2D eigenvalue weighted by Gasteiger charge is -2.36. The van der Waals surface area contributed by atoms with Crippen LogP contribution in [0.5, 0.6) is 0 Å². The maximum Gasteiger partial charge on any atom is 0.219 e. The average Bonchev–Trinajstić information content (AvgIpc) is 2.70. The van der Waals surface area contributed by atoms with E-state index in [1.807, 2.05) is 24.0 Å². The second-order valence-corrected chi connectivity index (χ2v) is 7.54. The molecule has 0 radical (unpaired) electrons. The van der Waals surface area contributed by atoms with Crippen molar-refractivity contribution in [3.05, 3.63) is 52.7 Å². The Bertz CT molecular complexity index is 846. The fourth-order valence-corrected chi connectivity index (χ4v) is 3.54. The second-order valence-electron chi connectivity index (χ2n) is 7.54. The number of aryl methyl sites for hydroxylation is 1. The molecule has 2 aromatic rings. The molecular weight excluding hydrogens is 355 g/mol. The van der Waals surface area contributed by atoms with Crippen LogP contribution in [0.2, 0.25) is 0 Å². The van der Waals surface area contributed by atoms with Crippen molar-refractivity contribution in [1.82, 2.24) is 14.9 Å². The van der Waals surface area contributed by atoms with Crippen molar-refractivity contribution in [2.45, 2.75) is 46.5 Å². The number of aromatic nitrogens is 2. The van der Waals surface area contributed by atoms with E-state index in [9.17, 15) is 9.18 Å². The van der Waals surface area contributed by atoms with Gasteiger partial charge in [-0.3, -0.25) is 4.79 Å². The summed E-state index contributed by atoms with van der Waals surface area (Å²) in [6, 6.07) is 6.86. The average molecular weight is 384 g/mol. The smallest absolute Gasteiger partial charge is 0.219 e. The third kappa shape index (κ3) is 4.32. The van der Waals surface area contributed by atoms with E-state index in [0.29, 0.717) is 25.1 Å². The van der Waals surface area contributed by atoms with Crippen molar-refractivity contribution in [3.8, 4) is 0 Å². The van der Waals surface area contributed by atoms with Gasteiger partial charge in [-0.25, -0.2) is 14.4 Å². The van der Waals surface area contributed by atoms with Gasteiger partial charge >= 0.3 is 0 Å². The molecule has 1 aromatic heterocycles. The summed E-state index contributed by atoms with van der Waals surface area (Å²) in [4.78, 5) is 25.4. The van der Waals surface area contributed by atoms with Crippen molar-refractivity contribution in [2.24, 2.45) is 0 Å². The largest absolute Gasteiger partial charge is 0.353 e. The monoisotopic (exact) mass is 384 g/mol. The van der Waals surface area contributed by atoms with Crippen LogP contribution in [0.25, 0.3) is 0 Å². The van der Waals surface area contributed by atoms with Crippen LogP contribution < -0.4 is 4.90 Å². The predicted octanol–water partition coefficient (Wildman–Crippen LogP) is 3.70. The fraction of sp³-hybridized carbons (Fsp3) is 0.500. The van der Waals surface area contributed by atoms with Crippen LogP contribution in [0.1, 0.15) is 55.8 Å². The van der Waals surface area contributed by atoms with Gasteiger partial charge in [-0.15, -0.1) is 0 Å². The molecule has 150 valence electrons. The zero-order valence-electron chi connectivity index (χ0n) is 17.2. The number of hydrogen-bond acceptors (Lipinski definition) is 4. The van der Waals surface area contributed by atoms with Crippen LogP contribution in [0, 0.1) is 12.7 Å². The van der Waals surface area contributed by atoms with Gasteiger partial charge in [-0.05, 0) is 25.0 Å². The first-order valence-corrected chi connectivity index (χ1v) is 10.0. The second kappa shape index (κ2) is 8.67. The Morgan fingerprint density at radius 1 is 1.18 bits per heavy atom. The predicted molar refractivity (Wildman–Crippen MR) is 109 cm³/mol. The van der Waals surface area contributed by atoms with Crippen LogP contribution in [-0.4, -0.2) is 47.0 Å². The molecule has 28 heavy (non-hydrogen) atoms. The van der Waals surface area contributed by atoms with E-state index in [1.54, 1.807) is 13.0 Å². The number of benzene rings is 1. The lowest BCUT2D eigenvalue weighted by Crippen LogP contribution is -2.48. The van der Waals surface area contributed by atoms with E-state index >= 15 is 0 Å². The molecule has 1 aliphatic rings. The molecule has 1 aliphatic heterocycles. The fourth-order valence-electron chi connectivity index (χ4n) is 3.54. The highest BCUT2D eigenvalue weighted by Gasteiger charge is 2.25. The maximum absolute atomic E-state index is 14.3. The molecule has 3 rings (SSSR count). The van der Waals surface area contributed by atoms with E-state index in [0.717, 1.165) is 42.4 Å². The van der Waals surface area contributed by atoms with Crippen LogP contribution >= 0.6 is 0 Å². The molecular formula is C22H29FN4O. The number of halogens is 1. The van der Waals surface area contributed by atoms with Crippen molar-refractivity contribution < 1.29 is 9.18 Å². The Labute approximate surface area is 166 Å². The summed E-state index contributed by atoms with van der Waals surface area (Å²) in [5, 5.41) is 0. The number of rotatable bonds is 5. The molecule has 1 atom stereocenters. The van der Waals surface area contributed by atoms with Gasteiger partial charge in [-0.1, -0.05) is 32.0 Å². The van der Waals surface area contributed by atoms with Crippen molar-refractivity contribution in [2.75, 3.05) is 31.1 Å². The summed E-state index contributed by atoms with van der Waals surface area (Å²) in [6.07, 6.45) is 1.42.